The van der Waals surface area contributed by atoms with Gasteiger partial charge in [0.15, 0.2) is 0 Å². The molecule has 3 nitrogen and oxygen atoms in total. The highest BCUT2D eigenvalue weighted by Gasteiger charge is 2.34. The van der Waals surface area contributed by atoms with Crippen molar-refractivity contribution in [3.8, 4) is 0 Å². The number of piperazine rings is 1. The molecule has 2 unspecified atom stereocenters. The van der Waals surface area contributed by atoms with E-state index in [1.54, 1.807) is 0 Å². The van der Waals surface area contributed by atoms with Crippen LogP contribution in [0.2, 0.25) is 0 Å². The molecule has 2 atom stereocenters. The van der Waals surface area contributed by atoms with E-state index in [1.807, 2.05) is 0 Å². The third-order valence-electron chi connectivity index (χ3n) is 4.60. The first-order valence-corrected chi connectivity index (χ1v) is 7.32. The van der Waals surface area contributed by atoms with Crippen LogP contribution in [0.5, 0.6) is 0 Å². The van der Waals surface area contributed by atoms with Crippen LogP contribution in [-0.4, -0.2) is 48.6 Å². The first-order valence-electron chi connectivity index (χ1n) is 7.32. The number of benzene rings is 1. The summed E-state index contributed by atoms with van der Waals surface area (Å²) in [5.74, 6) is -0.768. The van der Waals surface area contributed by atoms with Crippen LogP contribution in [-0.2, 0) is 0 Å². The summed E-state index contributed by atoms with van der Waals surface area (Å²) in [5, 5.41) is 0. The van der Waals surface area contributed by atoms with Crippen molar-refractivity contribution in [2.24, 2.45) is 5.73 Å². The molecule has 20 heavy (non-hydrogen) atoms. The van der Waals surface area contributed by atoms with Gasteiger partial charge in [0.1, 0.15) is 11.6 Å². The molecular formula is C15H21F2N3. The maximum absolute atomic E-state index is 14.0. The molecule has 2 heterocycles. The molecule has 0 amide bonds. The molecular weight excluding hydrogens is 260 g/mol. The normalized spacial score (nSPS) is 25.6. The Labute approximate surface area is 118 Å². The highest BCUT2D eigenvalue weighted by Crippen LogP contribution is 2.29. The molecule has 2 saturated heterocycles. The van der Waals surface area contributed by atoms with Gasteiger partial charge < -0.3 is 5.73 Å². The molecule has 2 aliphatic heterocycles. The molecule has 0 radical (unpaired) electrons. The van der Waals surface area contributed by atoms with Crippen molar-refractivity contribution in [3.05, 3.63) is 35.4 Å². The molecule has 3 rings (SSSR count). The zero-order valence-electron chi connectivity index (χ0n) is 11.6. The van der Waals surface area contributed by atoms with E-state index >= 15 is 0 Å². The lowest BCUT2D eigenvalue weighted by molar-refractivity contribution is 0.0724. The zero-order valence-corrected chi connectivity index (χ0v) is 11.6. The lowest BCUT2D eigenvalue weighted by Gasteiger charge is -2.41. The Morgan fingerprint density at radius 3 is 2.90 bits per heavy atom. The van der Waals surface area contributed by atoms with Crippen LogP contribution in [0.3, 0.4) is 0 Å². The van der Waals surface area contributed by atoms with Gasteiger partial charge in [-0.05, 0) is 37.6 Å². The van der Waals surface area contributed by atoms with Gasteiger partial charge in [0.05, 0.1) is 6.04 Å². The summed E-state index contributed by atoms with van der Waals surface area (Å²) in [7, 11) is 0. The van der Waals surface area contributed by atoms with Crippen LogP contribution >= 0.6 is 0 Å². The minimum absolute atomic E-state index is 0.228. The maximum atomic E-state index is 14.0. The Hall–Kier alpha value is -1.04. The molecule has 0 spiro atoms. The number of fused-ring (bicyclic) bond motifs is 1. The first kappa shape index (κ1) is 13.9. The van der Waals surface area contributed by atoms with E-state index in [1.165, 1.54) is 31.5 Å². The van der Waals surface area contributed by atoms with Crippen LogP contribution in [0.1, 0.15) is 24.4 Å². The average molecular weight is 281 g/mol. The molecule has 2 fully saturated rings. The Kier molecular flexibility index (Phi) is 4.01. The number of nitrogens with zero attached hydrogens (tertiary/aromatic N) is 2. The smallest absolute Gasteiger partial charge is 0.128 e. The predicted molar refractivity (Wildman–Crippen MR) is 74.3 cm³/mol. The zero-order chi connectivity index (χ0) is 14.1. The summed E-state index contributed by atoms with van der Waals surface area (Å²) in [6, 6.07) is 3.96. The second kappa shape index (κ2) is 5.76. The monoisotopic (exact) mass is 281 g/mol. The molecule has 0 aromatic heterocycles. The average Bonchev–Trinajstić information content (AvgIpc) is 2.91. The SMILES string of the molecule is NCC(c1cc(F)ccc1F)N1CCN2CCCC2C1. The predicted octanol–water partition coefficient (Wildman–Crippen LogP) is 1.74. The van der Waals surface area contributed by atoms with E-state index in [-0.39, 0.29) is 11.9 Å². The van der Waals surface area contributed by atoms with Crippen LogP contribution in [0.25, 0.3) is 0 Å². The number of nitrogens with two attached hydrogens (primary N) is 1. The summed E-state index contributed by atoms with van der Waals surface area (Å²) in [6.07, 6.45) is 2.43. The molecule has 110 valence electrons. The lowest BCUT2D eigenvalue weighted by Crippen LogP contribution is -2.52. The first-order chi connectivity index (χ1) is 9.69. The largest absolute Gasteiger partial charge is 0.329 e. The third-order valence-corrected chi connectivity index (χ3v) is 4.60. The van der Waals surface area contributed by atoms with E-state index in [4.69, 9.17) is 5.73 Å². The van der Waals surface area contributed by atoms with Crippen molar-refractivity contribution in [2.75, 3.05) is 32.7 Å². The van der Waals surface area contributed by atoms with Crippen molar-refractivity contribution >= 4 is 0 Å². The topological polar surface area (TPSA) is 32.5 Å². The van der Waals surface area contributed by atoms with Crippen molar-refractivity contribution in [1.29, 1.82) is 0 Å². The van der Waals surface area contributed by atoms with E-state index in [0.717, 1.165) is 25.7 Å². The summed E-state index contributed by atoms with van der Waals surface area (Å²) < 4.78 is 27.4. The van der Waals surface area contributed by atoms with Crippen molar-refractivity contribution in [2.45, 2.75) is 24.9 Å². The molecule has 2 N–H and O–H groups in total. The lowest BCUT2D eigenvalue weighted by atomic mass is 10.0. The molecule has 1 aromatic rings. The van der Waals surface area contributed by atoms with Gasteiger partial charge in [-0.2, -0.15) is 0 Å². The van der Waals surface area contributed by atoms with E-state index in [2.05, 4.69) is 9.80 Å². The third kappa shape index (κ3) is 2.57. The minimum Gasteiger partial charge on any atom is -0.329 e. The minimum atomic E-state index is -0.403. The number of halogens is 2. The van der Waals surface area contributed by atoms with Gasteiger partial charge in [-0.15, -0.1) is 0 Å². The van der Waals surface area contributed by atoms with Gasteiger partial charge in [0.25, 0.3) is 0 Å². The fraction of sp³-hybridized carbons (Fsp3) is 0.600. The van der Waals surface area contributed by atoms with Crippen LogP contribution in [0.15, 0.2) is 18.2 Å². The molecule has 1 aromatic carbocycles. The summed E-state index contributed by atoms with van der Waals surface area (Å²) in [5.41, 5.74) is 6.24. The molecule has 0 bridgehead atoms. The summed E-state index contributed by atoms with van der Waals surface area (Å²) in [4.78, 5) is 4.70. The standard InChI is InChI=1S/C15H21F2N3/c16-11-3-4-14(17)13(8-11)15(9-18)20-7-6-19-5-1-2-12(19)10-20/h3-4,8,12,15H,1-2,5-7,9-10,18H2. The van der Waals surface area contributed by atoms with Gasteiger partial charge in [-0.25, -0.2) is 8.78 Å². The van der Waals surface area contributed by atoms with Gasteiger partial charge in [0, 0.05) is 37.8 Å². The van der Waals surface area contributed by atoms with E-state index < -0.39 is 5.82 Å². The van der Waals surface area contributed by atoms with Crippen molar-refractivity contribution in [3.63, 3.8) is 0 Å². The summed E-state index contributed by atoms with van der Waals surface area (Å²) in [6.45, 7) is 4.25. The van der Waals surface area contributed by atoms with Crippen LogP contribution in [0.4, 0.5) is 8.78 Å². The van der Waals surface area contributed by atoms with Gasteiger partial charge in [0.2, 0.25) is 0 Å². The molecule has 0 aliphatic carbocycles. The maximum Gasteiger partial charge on any atom is 0.128 e. The molecule has 2 aliphatic rings. The van der Waals surface area contributed by atoms with Gasteiger partial charge in [-0.3, -0.25) is 9.80 Å². The second-order valence-electron chi connectivity index (χ2n) is 5.74. The highest BCUT2D eigenvalue weighted by atomic mass is 19.1. The van der Waals surface area contributed by atoms with Crippen molar-refractivity contribution in [1.82, 2.24) is 9.80 Å². The van der Waals surface area contributed by atoms with Crippen molar-refractivity contribution < 1.29 is 8.78 Å². The summed E-state index contributed by atoms with van der Waals surface area (Å²) >= 11 is 0. The number of hydrogen-bond donors (Lipinski definition) is 1. The van der Waals surface area contributed by atoms with E-state index in [9.17, 15) is 8.78 Å². The van der Waals surface area contributed by atoms with Gasteiger partial charge in [-0.1, -0.05) is 0 Å². The highest BCUT2D eigenvalue weighted by molar-refractivity contribution is 5.23. The molecule has 0 saturated carbocycles. The quantitative estimate of drug-likeness (QED) is 0.916. The Balaban J connectivity index is 1.81. The van der Waals surface area contributed by atoms with Crippen LogP contribution < -0.4 is 5.73 Å². The fourth-order valence-corrected chi connectivity index (χ4v) is 3.54. The number of rotatable bonds is 3. The number of hydrogen-bond acceptors (Lipinski definition) is 3. The second-order valence-corrected chi connectivity index (χ2v) is 5.74. The van der Waals surface area contributed by atoms with E-state index in [0.29, 0.717) is 18.2 Å². The Bertz CT molecular complexity index is 480. The Morgan fingerprint density at radius 2 is 2.10 bits per heavy atom. The fourth-order valence-electron chi connectivity index (χ4n) is 3.54. The van der Waals surface area contributed by atoms with Gasteiger partial charge >= 0.3 is 0 Å². The molecule has 5 heteroatoms. The van der Waals surface area contributed by atoms with Crippen LogP contribution in [0, 0.1) is 11.6 Å². The Morgan fingerprint density at radius 1 is 1.25 bits per heavy atom.